The van der Waals surface area contributed by atoms with Crippen LogP contribution in [0.25, 0.3) is 0 Å². The van der Waals surface area contributed by atoms with Crippen LogP contribution in [0.2, 0.25) is 0 Å². The van der Waals surface area contributed by atoms with Gasteiger partial charge in [-0.1, -0.05) is 11.8 Å². The Morgan fingerprint density at radius 2 is 2.05 bits per heavy atom. The van der Waals surface area contributed by atoms with Gasteiger partial charge in [-0.15, -0.1) is 0 Å². The van der Waals surface area contributed by atoms with Crippen molar-refractivity contribution in [1.82, 2.24) is 9.97 Å². The SMILES string of the molecule is CC(Sc1ccncn1)C(=O)Nc1ccc(N)cc1. The Bertz CT molecular complexity index is 544. The maximum atomic E-state index is 12.0. The zero-order chi connectivity index (χ0) is 13.7. The summed E-state index contributed by atoms with van der Waals surface area (Å²) in [5, 5.41) is 3.36. The molecule has 0 bridgehead atoms. The molecule has 5 nitrogen and oxygen atoms in total. The predicted molar refractivity (Wildman–Crippen MR) is 76.8 cm³/mol. The Morgan fingerprint density at radius 3 is 2.68 bits per heavy atom. The van der Waals surface area contributed by atoms with Gasteiger partial charge in [0.05, 0.1) is 5.25 Å². The van der Waals surface area contributed by atoms with Crippen LogP contribution >= 0.6 is 11.8 Å². The summed E-state index contributed by atoms with van der Waals surface area (Å²) in [6.45, 7) is 1.83. The first-order chi connectivity index (χ1) is 9.15. The number of carbonyl (C=O) groups is 1. The van der Waals surface area contributed by atoms with Crippen LogP contribution in [0.5, 0.6) is 0 Å². The third kappa shape index (κ3) is 3.96. The van der Waals surface area contributed by atoms with Gasteiger partial charge in [0, 0.05) is 17.6 Å². The molecule has 0 saturated heterocycles. The van der Waals surface area contributed by atoms with Gasteiger partial charge in [-0.2, -0.15) is 0 Å². The van der Waals surface area contributed by atoms with Gasteiger partial charge in [0.2, 0.25) is 5.91 Å². The van der Waals surface area contributed by atoms with Crippen molar-refractivity contribution in [3.8, 4) is 0 Å². The lowest BCUT2D eigenvalue weighted by Crippen LogP contribution is -2.22. The summed E-state index contributed by atoms with van der Waals surface area (Å²) >= 11 is 1.39. The van der Waals surface area contributed by atoms with E-state index in [2.05, 4.69) is 15.3 Å². The number of benzene rings is 1. The second-order valence-corrected chi connectivity index (χ2v) is 5.28. The number of hydrogen-bond acceptors (Lipinski definition) is 5. The molecule has 0 aliphatic rings. The molecule has 1 aromatic carbocycles. The molecule has 1 amide bonds. The maximum absolute atomic E-state index is 12.0. The van der Waals surface area contributed by atoms with E-state index in [0.717, 1.165) is 10.7 Å². The van der Waals surface area contributed by atoms with Crippen molar-refractivity contribution >= 4 is 29.0 Å². The van der Waals surface area contributed by atoms with Gasteiger partial charge in [-0.3, -0.25) is 4.79 Å². The van der Waals surface area contributed by atoms with Crippen LogP contribution < -0.4 is 11.1 Å². The molecule has 3 N–H and O–H groups in total. The molecule has 0 radical (unpaired) electrons. The molecule has 19 heavy (non-hydrogen) atoms. The quantitative estimate of drug-likeness (QED) is 0.507. The van der Waals surface area contributed by atoms with Gasteiger partial charge in [0.15, 0.2) is 0 Å². The van der Waals surface area contributed by atoms with Crippen molar-refractivity contribution in [1.29, 1.82) is 0 Å². The summed E-state index contributed by atoms with van der Waals surface area (Å²) in [5.74, 6) is -0.0756. The molecule has 6 heteroatoms. The molecule has 0 aliphatic heterocycles. The van der Waals surface area contributed by atoms with Crippen LogP contribution in [-0.4, -0.2) is 21.1 Å². The first kappa shape index (κ1) is 13.4. The van der Waals surface area contributed by atoms with E-state index in [9.17, 15) is 4.79 Å². The predicted octanol–water partition coefficient (Wildman–Crippen LogP) is 2.18. The van der Waals surface area contributed by atoms with E-state index < -0.39 is 0 Å². The van der Waals surface area contributed by atoms with Crippen molar-refractivity contribution in [2.24, 2.45) is 0 Å². The normalized spacial score (nSPS) is 11.8. The number of nitrogens with two attached hydrogens (primary N) is 1. The molecular weight excluding hydrogens is 260 g/mol. The Balaban J connectivity index is 1.94. The molecule has 0 aliphatic carbocycles. The monoisotopic (exact) mass is 274 g/mol. The van der Waals surface area contributed by atoms with Crippen LogP contribution in [-0.2, 0) is 4.79 Å². The highest BCUT2D eigenvalue weighted by Gasteiger charge is 2.15. The van der Waals surface area contributed by atoms with E-state index in [1.54, 1.807) is 36.5 Å². The zero-order valence-electron chi connectivity index (χ0n) is 10.4. The summed E-state index contributed by atoms with van der Waals surface area (Å²) in [7, 11) is 0. The highest BCUT2D eigenvalue weighted by Crippen LogP contribution is 2.21. The van der Waals surface area contributed by atoms with Crippen molar-refractivity contribution in [2.45, 2.75) is 17.2 Å². The number of aromatic nitrogens is 2. The second kappa shape index (κ2) is 6.19. The number of hydrogen-bond donors (Lipinski definition) is 2. The fourth-order valence-corrected chi connectivity index (χ4v) is 2.17. The third-order valence-corrected chi connectivity index (χ3v) is 3.45. The molecule has 2 aromatic rings. The standard InChI is InChI=1S/C13H14N4OS/c1-9(19-12-6-7-15-8-16-12)13(18)17-11-4-2-10(14)3-5-11/h2-9H,14H2,1H3,(H,17,18). The van der Waals surface area contributed by atoms with Crippen molar-refractivity contribution in [3.63, 3.8) is 0 Å². The Hall–Kier alpha value is -2.08. The summed E-state index contributed by atoms with van der Waals surface area (Å²) < 4.78 is 0. The highest BCUT2D eigenvalue weighted by molar-refractivity contribution is 8.00. The molecule has 0 fully saturated rings. The van der Waals surface area contributed by atoms with Crippen molar-refractivity contribution in [3.05, 3.63) is 42.9 Å². The number of amides is 1. The van der Waals surface area contributed by atoms with Crippen LogP contribution in [0.1, 0.15) is 6.92 Å². The topological polar surface area (TPSA) is 80.9 Å². The van der Waals surface area contributed by atoms with Gasteiger partial charge in [-0.05, 0) is 37.3 Å². The Morgan fingerprint density at radius 1 is 1.32 bits per heavy atom. The van der Waals surface area contributed by atoms with Gasteiger partial charge < -0.3 is 11.1 Å². The summed E-state index contributed by atoms with van der Waals surface area (Å²) in [5.41, 5.74) is 6.99. The smallest absolute Gasteiger partial charge is 0.237 e. The molecular formula is C13H14N4OS. The van der Waals surface area contributed by atoms with E-state index in [1.807, 2.05) is 6.92 Å². The zero-order valence-corrected chi connectivity index (χ0v) is 11.2. The molecule has 0 spiro atoms. The van der Waals surface area contributed by atoms with Crippen LogP contribution in [0.4, 0.5) is 11.4 Å². The third-order valence-electron chi connectivity index (χ3n) is 2.40. The fraction of sp³-hybridized carbons (Fsp3) is 0.154. The van der Waals surface area contributed by atoms with Crippen molar-refractivity contribution < 1.29 is 4.79 Å². The van der Waals surface area contributed by atoms with Crippen LogP contribution in [0.15, 0.2) is 47.9 Å². The van der Waals surface area contributed by atoms with E-state index in [0.29, 0.717) is 5.69 Å². The lowest BCUT2D eigenvalue weighted by molar-refractivity contribution is -0.115. The number of nitrogens with one attached hydrogen (secondary N) is 1. The van der Waals surface area contributed by atoms with Gasteiger partial charge in [-0.25, -0.2) is 9.97 Å². The number of thioether (sulfide) groups is 1. The lowest BCUT2D eigenvalue weighted by atomic mass is 10.3. The van der Waals surface area contributed by atoms with Gasteiger partial charge in [0.1, 0.15) is 11.4 Å². The van der Waals surface area contributed by atoms with Crippen LogP contribution in [0, 0.1) is 0 Å². The number of rotatable bonds is 4. The largest absolute Gasteiger partial charge is 0.399 e. The van der Waals surface area contributed by atoms with Crippen LogP contribution in [0.3, 0.4) is 0 Å². The van der Waals surface area contributed by atoms with Gasteiger partial charge in [0.25, 0.3) is 0 Å². The number of anilines is 2. The number of nitrogens with zero attached hydrogens (tertiary/aromatic N) is 2. The molecule has 1 unspecified atom stereocenters. The molecule has 98 valence electrons. The molecule has 1 atom stereocenters. The van der Waals surface area contributed by atoms with E-state index in [4.69, 9.17) is 5.73 Å². The minimum Gasteiger partial charge on any atom is -0.399 e. The summed E-state index contributed by atoms with van der Waals surface area (Å²) in [6.07, 6.45) is 3.12. The van der Waals surface area contributed by atoms with Crippen molar-refractivity contribution in [2.75, 3.05) is 11.1 Å². The van der Waals surface area contributed by atoms with E-state index >= 15 is 0 Å². The first-order valence-electron chi connectivity index (χ1n) is 5.74. The minimum atomic E-state index is -0.243. The highest BCUT2D eigenvalue weighted by atomic mass is 32.2. The average Bonchev–Trinajstić information content (AvgIpc) is 2.42. The maximum Gasteiger partial charge on any atom is 0.237 e. The molecule has 1 aromatic heterocycles. The van der Waals surface area contributed by atoms with E-state index in [1.165, 1.54) is 18.1 Å². The second-order valence-electron chi connectivity index (χ2n) is 3.92. The van der Waals surface area contributed by atoms with Gasteiger partial charge >= 0.3 is 0 Å². The molecule has 2 rings (SSSR count). The fourth-order valence-electron chi connectivity index (χ4n) is 1.39. The average molecular weight is 274 g/mol. The molecule has 1 heterocycles. The van der Waals surface area contributed by atoms with E-state index in [-0.39, 0.29) is 11.2 Å². The Labute approximate surface area is 115 Å². The summed E-state index contributed by atoms with van der Waals surface area (Å²) in [4.78, 5) is 19.9. The lowest BCUT2D eigenvalue weighted by Gasteiger charge is -2.11. The minimum absolute atomic E-state index is 0.0756. The number of carbonyl (C=O) groups excluding carboxylic acids is 1. The Kier molecular flexibility index (Phi) is 4.35. The number of nitrogen functional groups attached to an aromatic ring is 1. The first-order valence-corrected chi connectivity index (χ1v) is 6.62. The molecule has 0 saturated carbocycles. The summed E-state index contributed by atoms with van der Waals surface area (Å²) in [6, 6.07) is 8.82.